The van der Waals surface area contributed by atoms with Gasteiger partial charge in [0, 0.05) is 64.0 Å². The number of aliphatic hydroxyl groups is 1. The number of allylic oxidation sites excluding steroid dienone is 1. The van der Waals surface area contributed by atoms with Gasteiger partial charge in [0.2, 0.25) is 29.5 Å². The number of amides is 5. The zero-order valence-electron chi connectivity index (χ0n) is 57.9. The van der Waals surface area contributed by atoms with E-state index >= 15 is 0 Å². The van der Waals surface area contributed by atoms with Gasteiger partial charge in [-0.1, -0.05) is 83.6 Å². The molecular weight excluding hydrogens is 1300 g/mol. The number of carbonyl (C=O) groups excluding carboxylic acids is 10. The molecule has 0 spiro atoms. The fourth-order valence-corrected chi connectivity index (χ4v) is 12.4. The first-order valence-electron chi connectivity index (χ1n) is 33.9. The van der Waals surface area contributed by atoms with Crippen LogP contribution in [0, 0.1) is 11.3 Å². The number of carbonyl (C=O) groups is 15. The lowest BCUT2D eigenvalue weighted by atomic mass is 9.66. The van der Waals surface area contributed by atoms with Crippen LogP contribution in [0.4, 0.5) is 0 Å². The summed E-state index contributed by atoms with van der Waals surface area (Å²) < 4.78 is 30.7. The van der Waals surface area contributed by atoms with Crippen molar-refractivity contribution < 1.29 is 126 Å². The summed E-state index contributed by atoms with van der Waals surface area (Å²) in [5.74, 6) is -16.9. The number of unbranched alkanes of at least 4 members (excludes halogenated alkanes) is 12. The van der Waals surface area contributed by atoms with E-state index < -0.39 is 224 Å². The maximum absolute atomic E-state index is 13.9. The summed E-state index contributed by atoms with van der Waals surface area (Å²) in [5.41, 5.74) is 1.26. The molecule has 0 aromatic heterocycles. The average molecular weight is 1410 g/mol. The molecule has 2 aliphatic carbocycles. The van der Waals surface area contributed by atoms with E-state index in [2.05, 4.69) is 33.5 Å². The van der Waals surface area contributed by atoms with Gasteiger partial charge in [-0.05, 0) is 97.6 Å². The summed E-state index contributed by atoms with van der Waals surface area (Å²) in [6.45, 7) is 12.8. The van der Waals surface area contributed by atoms with Crippen LogP contribution in [0.25, 0.3) is 0 Å². The summed E-state index contributed by atoms with van der Waals surface area (Å²) in [7, 11) is 0. The Kier molecular flexibility index (Phi) is 34.6. The Hall–Kier alpha value is -8.55. The summed E-state index contributed by atoms with van der Waals surface area (Å²) >= 11 is 0. The van der Waals surface area contributed by atoms with Crippen molar-refractivity contribution in [1.29, 1.82) is 0 Å². The normalized spacial score (nSPS) is 23.2. The number of fused-ring (bicyclic) bond motifs is 3. The summed E-state index contributed by atoms with van der Waals surface area (Å²) in [4.78, 5) is 189. The van der Waals surface area contributed by atoms with Crippen LogP contribution in [0.5, 0.6) is 0 Å². The quantitative estimate of drug-likeness (QED) is 0.0136. The van der Waals surface area contributed by atoms with Gasteiger partial charge in [-0.2, -0.15) is 0 Å². The number of rotatable bonds is 46. The standard InChI is InChI=1S/C67H102N6O26/c1-9-11-12-18-21-25-52(82)96-56-54-53(38(4)55(56)97-63(92)37(3)10-2)57-66(7,67(8,94)64(93)98-57)45(36-65(54,6)99-39(5)74)95-51(81)24-22-19-16-14-13-15-17-20-23-34-69-49(78)35-40(68)58(83)73-44(62(90)91)28-32-48(77)71-42(60(86)87)26-30-46(75)70-41(59(84)85)27-31-47(76)72-43(61(88)89)29-33-50(79)80/h10,40-45,54-57,94H,9,11-36,68H2,1-8H3,(H,69,78)(H,70,75)(H,71,77)(H,72,76)(H,73,83)(H,79,80)(H,84,85)(H,86,87)(H,88,89)(H,90,91)/b37-10+/t40-,41-,42-,43-,44-,45-,54+,55-,56-,57-,65-,66-,67+/m0/s1. The van der Waals surface area contributed by atoms with Gasteiger partial charge in [-0.3, -0.25) is 43.2 Å². The topological polar surface area (TPSA) is 510 Å². The molecule has 0 bridgehead atoms. The molecule has 1 aliphatic heterocycles. The summed E-state index contributed by atoms with van der Waals surface area (Å²) in [5, 5.41) is 70.1. The highest BCUT2D eigenvalue weighted by Crippen LogP contribution is 2.61. The van der Waals surface area contributed by atoms with Crippen molar-refractivity contribution >= 4 is 89.2 Å². The molecular formula is C67H102N6O26. The van der Waals surface area contributed by atoms with Crippen molar-refractivity contribution in [2.75, 3.05) is 6.54 Å². The molecule has 0 radical (unpaired) electrons. The van der Waals surface area contributed by atoms with Gasteiger partial charge in [-0.25, -0.2) is 28.8 Å². The van der Waals surface area contributed by atoms with Gasteiger partial charge < -0.3 is 86.6 Å². The number of hydrogen-bond donors (Lipinski definition) is 12. The minimum atomic E-state index is -2.26. The number of aliphatic carboxylic acids is 5. The number of nitrogens with one attached hydrogen (secondary N) is 5. The van der Waals surface area contributed by atoms with Crippen LogP contribution < -0.4 is 32.3 Å². The first-order valence-corrected chi connectivity index (χ1v) is 33.9. The third-order valence-corrected chi connectivity index (χ3v) is 18.4. The number of nitrogens with two attached hydrogens (primary N) is 1. The zero-order chi connectivity index (χ0) is 74.5. The van der Waals surface area contributed by atoms with Crippen LogP contribution in [0.3, 0.4) is 0 Å². The van der Waals surface area contributed by atoms with Crippen LogP contribution >= 0.6 is 0 Å². The van der Waals surface area contributed by atoms with Gasteiger partial charge in [0.05, 0.1) is 23.8 Å². The first kappa shape index (κ1) is 84.7. The fraction of sp³-hybridized carbons (Fsp3) is 0.716. The van der Waals surface area contributed by atoms with E-state index in [1.54, 1.807) is 40.7 Å². The minimum absolute atomic E-state index is 0.0220. The largest absolute Gasteiger partial charge is 0.481 e. The summed E-state index contributed by atoms with van der Waals surface area (Å²) in [6.07, 6.45) is 2.03. The van der Waals surface area contributed by atoms with Crippen molar-refractivity contribution in [3.05, 3.63) is 22.8 Å². The molecule has 99 heavy (non-hydrogen) atoms. The zero-order valence-corrected chi connectivity index (χ0v) is 57.9. The lowest BCUT2D eigenvalue weighted by Gasteiger charge is -2.43. The molecule has 32 heteroatoms. The van der Waals surface area contributed by atoms with Crippen molar-refractivity contribution in [2.24, 2.45) is 17.1 Å². The molecule has 2 fully saturated rings. The first-order chi connectivity index (χ1) is 46.4. The predicted molar refractivity (Wildman–Crippen MR) is 347 cm³/mol. The lowest BCUT2D eigenvalue weighted by Crippen LogP contribution is -2.57. The van der Waals surface area contributed by atoms with Gasteiger partial charge >= 0.3 is 59.7 Å². The van der Waals surface area contributed by atoms with Crippen molar-refractivity contribution in [3.63, 3.8) is 0 Å². The lowest BCUT2D eigenvalue weighted by molar-refractivity contribution is -0.192. The molecule has 0 aromatic carbocycles. The Bertz CT molecular complexity index is 2980. The Morgan fingerprint density at radius 2 is 1.03 bits per heavy atom. The monoisotopic (exact) mass is 1410 g/mol. The molecule has 32 nitrogen and oxygen atoms in total. The van der Waals surface area contributed by atoms with E-state index in [1.165, 1.54) is 13.8 Å². The van der Waals surface area contributed by atoms with E-state index in [0.29, 0.717) is 36.8 Å². The Morgan fingerprint density at radius 3 is 1.47 bits per heavy atom. The maximum Gasteiger partial charge on any atom is 0.339 e. The van der Waals surface area contributed by atoms with Gasteiger partial charge in [-0.15, -0.1) is 0 Å². The van der Waals surface area contributed by atoms with Crippen LogP contribution in [-0.4, -0.2) is 192 Å². The molecule has 0 aromatic rings. The number of esters is 5. The second kappa shape index (κ2) is 40.5. The van der Waals surface area contributed by atoms with Crippen molar-refractivity contribution in [2.45, 2.75) is 288 Å². The molecule has 13 atom stereocenters. The smallest absolute Gasteiger partial charge is 0.339 e. The maximum atomic E-state index is 13.9. The molecule has 0 unspecified atom stereocenters. The molecule has 556 valence electrons. The predicted octanol–water partition coefficient (Wildman–Crippen LogP) is 3.62. The van der Waals surface area contributed by atoms with Gasteiger partial charge in [0.15, 0.2) is 17.8 Å². The number of hydrogen-bond acceptors (Lipinski definition) is 22. The van der Waals surface area contributed by atoms with Crippen LogP contribution in [0.15, 0.2) is 22.8 Å². The average Bonchev–Trinajstić information content (AvgIpc) is 1.53. The van der Waals surface area contributed by atoms with Crippen LogP contribution in [-0.2, 0) is 95.6 Å². The van der Waals surface area contributed by atoms with Crippen LogP contribution in [0.2, 0.25) is 0 Å². The number of carboxylic acid groups (broad SMARTS) is 5. The molecule has 1 saturated heterocycles. The van der Waals surface area contributed by atoms with E-state index in [4.69, 9.17) is 34.5 Å². The van der Waals surface area contributed by atoms with E-state index in [-0.39, 0.29) is 31.4 Å². The third kappa shape index (κ3) is 25.9. The Balaban J connectivity index is 1.44. The van der Waals surface area contributed by atoms with Crippen molar-refractivity contribution in [1.82, 2.24) is 26.6 Å². The van der Waals surface area contributed by atoms with Gasteiger partial charge in [0.25, 0.3) is 0 Å². The third-order valence-electron chi connectivity index (χ3n) is 18.4. The molecule has 3 aliphatic rings. The highest BCUT2D eigenvalue weighted by atomic mass is 16.6. The van der Waals surface area contributed by atoms with E-state index in [1.807, 2.05) is 0 Å². The number of carboxylic acids is 5. The SMILES string of the molecule is C/C=C(\C)C(=O)O[C@H]1C(C)=C2[C@H]([C@@H]1OC(=O)CCCCCCC)[C@@](C)(OC(C)=O)C[C@H](OC(=O)CCCCCCCCCCCNC(=O)C[C@H](N)C(=O)N[C@@H](CCC(=O)N[C@@H](CCC(=O)N[C@@H](CCC(=O)N[C@@H](CCC(=O)O)C(=O)O)C(=O)O)C(=O)O)C(=O)O)[C@@]1(C)[C@H]2OC(=O)[C@@]1(C)O. The molecule has 3 rings (SSSR count). The Morgan fingerprint density at radius 1 is 0.596 bits per heavy atom. The minimum Gasteiger partial charge on any atom is -0.481 e. The number of ether oxygens (including phenoxy) is 5. The van der Waals surface area contributed by atoms with Gasteiger partial charge in [0.1, 0.15) is 42.0 Å². The highest BCUT2D eigenvalue weighted by molar-refractivity contribution is 5.92. The summed E-state index contributed by atoms with van der Waals surface area (Å²) in [6, 6.07) is -8.19. The van der Waals surface area contributed by atoms with Crippen molar-refractivity contribution in [3.8, 4) is 0 Å². The molecule has 1 saturated carbocycles. The van der Waals surface area contributed by atoms with E-state index in [9.17, 15) is 97.5 Å². The fourth-order valence-electron chi connectivity index (χ4n) is 12.4. The molecule has 1 heterocycles. The second-order valence-corrected chi connectivity index (χ2v) is 26.2. The second-order valence-electron chi connectivity index (χ2n) is 26.2. The van der Waals surface area contributed by atoms with E-state index in [0.717, 1.165) is 64.2 Å². The highest BCUT2D eigenvalue weighted by Gasteiger charge is 2.74. The Labute approximate surface area is 574 Å². The van der Waals surface area contributed by atoms with Crippen LogP contribution in [0.1, 0.15) is 222 Å². The molecule has 13 N–H and O–H groups in total. The molecule has 5 amide bonds.